The number of ether oxygens (including phenoxy) is 1. The van der Waals surface area contributed by atoms with E-state index in [4.69, 9.17) is 4.74 Å². The fraction of sp³-hybridized carbons (Fsp3) is 0.276. The molecule has 0 N–H and O–H groups in total. The zero-order valence-electron chi connectivity index (χ0n) is 21.3. The SMILES string of the molecule is C=CCN(Cc1ccnc(OCc2ccccc2)c1)C(=O)N1CCN(C(=O)c2ccccc2C(F)(F)F)CC1. The van der Waals surface area contributed by atoms with E-state index in [1.165, 1.54) is 23.1 Å². The summed E-state index contributed by atoms with van der Waals surface area (Å²) < 4.78 is 45.9. The van der Waals surface area contributed by atoms with Gasteiger partial charge in [0.25, 0.3) is 5.91 Å². The van der Waals surface area contributed by atoms with E-state index in [1.54, 1.807) is 34.2 Å². The molecule has 0 atom stereocenters. The van der Waals surface area contributed by atoms with E-state index in [2.05, 4.69) is 11.6 Å². The molecule has 0 bridgehead atoms. The van der Waals surface area contributed by atoms with E-state index in [0.29, 0.717) is 19.0 Å². The molecule has 0 unspecified atom stereocenters. The number of alkyl halides is 3. The molecule has 39 heavy (non-hydrogen) atoms. The molecule has 3 aromatic rings. The van der Waals surface area contributed by atoms with Crippen LogP contribution in [0.1, 0.15) is 27.0 Å². The molecule has 7 nitrogen and oxygen atoms in total. The molecule has 0 aliphatic carbocycles. The van der Waals surface area contributed by atoms with Crippen molar-refractivity contribution in [3.05, 3.63) is 108 Å². The average Bonchev–Trinajstić information content (AvgIpc) is 2.95. The van der Waals surface area contributed by atoms with E-state index in [9.17, 15) is 22.8 Å². The van der Waals surface area contributed by atoms with E-state index in [-0.39, 0.29) is 44.3 Å². The molecule has 1 aromatic heterocycles. The first-order chi connectivity index (χ1) is 18.8. The van der Waals surface area contributed by atoms with Crippen molar-refractivity contribution in [3.8, 4) is 5.88 Å². The van der Waals surface area contributed by atoms with Crippen LogP contribution in [-0.4, -0.2) is 64.3 Å². The zero-order chi connectivity index (χ0) is 27.8. The highest BCUT2D eigenvalue weighted by Crippen LogP contribution is 2.32. The highest BCUT2D eigenvalue weighted by molar-refractivity contribution is 5.96. The van der Waals surface area contributed by atoms with Gasteiger partial charge in [0.15, 0.2) is 0 Å². The Kier molecular flexibility index (Phi) is 8.85. The Labute approximate surface area is 225 Å². The van der Waals surface area contributed by atoms with Crippen LogP contribution >= 0.6 is 0 Å². The first-order valence-electron chi connectivity index (χ1n) is 12.5. The van der Waals surface area contributed by atoms with Gasteiger partial charge in [0.2, 0.25) is 5.88 Å². The van der Waals surface area contributed by atoms with Gasteiger partial charge in [-0.25, -0.2) is 9.78 Å². The van der Waals surface area contributed by atoms with Gasteiger partial charge in [0.05, 0.1) is 11.1 Å². The Morgan fingerprint density at radius 1 is 0.949 bits per heavy atom. The summed E-state index contributed by atoms with van der Waals surface area (Å²) in [4.78, 5) is 35.0. The van der Waals surface area contributed by atoms with Gasteiger partial charge in [-0.05, 0) is 29.3 Å². The van der Waals surface area contributed by atoms with E-state index in [1.807, 2.05) is 30.3 Å². The lowest BCUT2D eigenvalue weighted by molar-refractivity contribution is -0.138. The van der Waals surface area contributed by atoms with Gasteiger partial charge in [-0.15, -0.1) is 6.58 Å². The lowest BCUT2D eigenvalue weighted by Gasteiger charge is -2.37. The Hall–Kier alpha value is -4.34. The molecule has 1 fully saturated rings. The number of piperazine rings is 1. The summed E-state index contributed by atoms with van der Waals surface area (Å²) in [6.07, 6.45) is -1.39. The molecule has 2 heterocycles. The maximum atomic E-state index is 13.4. The van der Waals surface area contributed by atoms with Gasteiger partial charge >= 0.3 is 12.2 Å². The van der Waals surface area contributed by atoms with Crippen molar-refractivity contribution in [3.63, 3.8) is 0 Å². The lowest BCUT2D eigenvalue weighted by Crippen LogP contribution is -2.54. The van der Waals surface area contributed by atoms with Gasteiger partial charge in [0, 0.05) is 51.5 Å². The monoisotopic (exact) mass is 538 g/mol. The van der Waals surface area contributed by atoms with Crippen molar-refractivity contribution in [1.29, 1.82) is 0 Å². The molecule has 1 aliphatic rings. The molecule has 204 valence electrons. The topological polar surface area (TPSA) is 66.0 Å². The van der Waals surface area contributed by atoms with Gasteiger partial charge in [0.1, 0.15) is 6.61 Å². The van der Waals surface area contributed by atoms with Crippen molar-refractivity contribution < 1.29 is 27.5 Å². The maximum Gasteiger partial charge on any atom is 0.417 e. The molecule has 1 saturated heterocycles. The van der Waals surface area contributed by atoms with Crippen LogP contribution in [0, 0.1) is 0 Å². The molecular formula is C29H29F3N4O3. The van der Waals surface area contributed by atoms with Gasteiger partial charge < -0.3 is 19.4 Å². The van der Waals surface area contributed by atoms with Crippen molar-refractivity contribution in [2.45, 2.75) is 19.3 Å². The van der Waals surface area contributed by atoms with Crippen LogP contribution in [0.5, 0.6) is 5.88 Å². The lowest BCUT2D eigenvalue weighted by atomic mass is 10.1. The number of hydrogen-bond donors (Lipinski definition) is 0. The number of rotatable bonds is 8. The number of halogens is 3. The van der Waals surface area contributed by atoms with E-state index >= 15 is 0 Å². The number of benzene rings is 2. The molecule has 0 spiro atoms. The van der Waals surface area contributed by atoms with Crippen LogP contribution in [0.25, 0.3) is 0 Å². The number of carbonyl (C=O) groups excluding carboxylic acids is 2. The second kappa shape index (κ2) is 12.5. The number of pyridine rings is 1. The van der Waals surface area contributed by atoms with Gasteiger partial charge in [-0.2, -0.15) is 13.2 Å². The minimum atomic E-state index is -4.63. The van der Waals surface area contributed by atoms with Crippen LogP contribution < -0.4 is 4.74 Å². The Balaban J connectivity index is 1.37. The third-order valence-corrected chi connectivity index (χ3v) is 6.32. The molecule has 3 amide bonds. The second-order valence-corrected chi connectivity index (χ2v) is 9.05. The highest BCUT2D eigenvalue weighted by Gasteiger charge is 2.36. The molecule has 1 aliphatic heterocycles. The predicted octanol–water partition coefficient (Wildman–Crippen LogP) is 5.25. The molecule has 4 rings (SSSR count). The predicted molar refractivity (Wildman–Crippen MR) is 140 cm³/mol. The quantitative estimate of drug-likeness (QED) is 0.368. The fourth-order valence-electron chi connectivity index (χ4n) is 4.33. The number of carbonyl (C=O) groups is 2. The Morgan fingerprint density at radius 3 is 2.31 bits per heavy atom. The van der Waals surface area contributed by atoms with Gasteiger partial charge in [-0.3, -0.25) is 4.79 Å². The maximum absolute atomic E-state index is 13.4. The van der Waals surface area contributed by atoms with Crippen molar-refractivity contribution >= 4 is 11.9 Å². The van der Waals surface area contributed by atoms with Crippen molar-refractivity contribution in [1.82, 2.24) is 19.7 Å². The van der Waals surface area contributed by atoms with E-state index < -0.39 is 17.6 Å². The largest absolute Gasteiger partial charge is 0.473 e. The summed E-state index contributed by atoms with van der Waals surface area (Å²) in [5.41, 5.74) is 0.477. The van der Waals surface area contributed by atoms with Crippen molar-refractivity contribution in [2.24, 2.45) is 0 Å². The smallest absolute Gasteiger partial charge is 0.417 e. The van der Waals surface area contributed by atoms with Crippen LogP contribution in [0.3, 0.4) is 0 Å². The van der Waals surface area contributed by atoms with Crippen LogP contribution in [0.4, 0.5) is 18.0 Å². The minimum absolute atomic E-state index is 0.130. The summed E-state index contributed by atoms with van der Waals surface area (Å²) in [6.45, 7) is 5.36. The molecule has 2 aromatic carbocycles. The molecule has 0 radical (unpaired) electrons. The number of urea groups is 1. The number of nitrogens with zero attached hydrogens (tertiary/aromatic N) is 4. The summed E-state index contributed by atoms with van der Waals surface area (Å²) >= 11 is 0. The van der Waals surface area contributed by atoms with Gasteiger partial charge in [-0.1, -0.05) is 48.5 Å². The average molecular weight is 539 g/mol. The number of amides is 3. The summed E-state index contributed by atoms with van der Waals surface area (Å²) in [7, 11) is 0. The first kappa shape index (κ1) is 27.7. The second-order valence-electron chi connectivity index (χ2n) is 9.05. The standard InChI is InChI=1S/C29H29F3N4O3/c1-2-14-36(20-23-12-13-33-26(19-23)39-21-22-8-4-3-5-9-22)28(38)35-17-15-34(16-18-35)27(37)24-10-6-7-11-25(24)29(30,31)32/h2-13,19H,1,14-18,20-21H2. The van der Waals surface area contributed by atoms with Crippen LogP contribution in [-0.2, 0) is 19.3 Å². The first-order valence-corrected chi connectivity index (χ1v) is 12.5. The molecule has 10 heteroatoms. The third kappa shape index (κ3) is 7.16. The van der Waals surface area contributed by atoms with Crippen LogP contribution in [0.15, 0.2) is 85.6 Å². The van der Waals surface area contributed by atoms with E-state index in [0.717, 1.165) is 17.2 Å². The summed E-state index contributed by atoms with van der Waals surface area (Å²) in [6, 6.07) is 17.8. The number of aromatic nitrogens is 1. The Morgan fingerprint density at radius 2 is 1.62 bits per heavy atom. The fourth-order valence-corrected chi connectivity index (χ4v) is 4.33. The minimum Gasteiger partial charge on any atom is -0.473 e. The van der Waals surface area contributed by atoms with Crippen molar-refractivity contribution in [2.75, 3.05) is 32.7 Å². The summed E-state index contributed by atoms with van der Waals surface area (Å²) in [5.74, 6) is -0.258. The highest BCUT2D eigenvalue weighted by atomic mass is 19.4. The summed E-state index contributed by atoms with van der Waals surface area (Å²) in [5, 5.41) is 0. The number of hydrogen-bond acceptors (Lipinski definition) is 4. The Bertz CT molecular complexity index is 1290. The zero-order valence-corrected chi connectivity index (χ0v) is 21.3. The normalized spacial score (nSPS) is 13.6. The third-order valence-electron chi connectivity index (χ3n) is 6.32. The molecular weight excluding hydrogens is 509 g/mol. The van der Waals surface area contributed by atoms with Crippen LogP contribution in [0.2, 0.25) is 0 Å². The molecule has 0 saturated carbocycles.